The van der Waals surface area contributed by atoms with E-state index in [1.165, 1.54) is 55.2 Å². The van der Waals surface area contributed by atoms with Crippen LogP contribution in [0.1, 0.15) is 55.2 Å². The molecule has 5 nitrogen and oxygen atoms in total. The van der Waals surface area contributed by atoms with Gasteiger partial charge in [-0.3, -0.25) is 9.97 Å². The standard InChI is InChI=1S/C55H43N5/c56-35-37-2-1-3-48(29-37)42-12-16-49(17-13-42)54-31-38-28-39(32-54)34-55(33-38,36-54)50-18-14-47(15-19-50)53-59-51(45-8-4-40(5-9-45)43-20-24-57-25-21-43)30-52(60-53)46-10-6-41(7-11-46)44-22-26-58-27-23-44/h1-27,29-30,38-39H,28,31-34,36H2. The van der Waals surface area contributed by atoms with Gasteiger partial charge in [-0.05, 0) is 148 Å². The minimum absolute atomic E-state index is 0.170. The summed E-state index contributed by atoms with van der Waals surface area (Å²) in [5.41, 5.74) is 15.7. The third-order valence-electron chi connectivity index (χ3n) is 13.8. The number of nitriles is 1. The van der Waals surface area contributed by atoms with Gasteiger partial charge in [-0.15, -0.1) is 0 Å². The SMILES string of the molecule is N#Cc1cccc(-c2ccc(C34CC5CC(C3)CC(c3ccc(-c6nc(-c7ccc(-c8ccncc8)cc7)cc(-c7ccc(-c8ccncc8)cc7)n6)cc3)(C5)C4)cc2)c1. The minimum Gasteiger partial charge on any atom is -0.265 e. The Balaban J connectivity index is 0.921. The molecule has 4 fully saturated rings. The minimum atomic E-state index is 0.170. The highest BCUT2D eigenvalue weighted by Crippen LogP contribution is 2.66. The predicted molar refractivity (Wildman–Crippen MR) is 239 cm³/mol. The van der Waals surface area contributed by atoms with Crippen molar-refractivity contribution in [2.75, 3.05) is 0 Å². The summed E-state index contributed by atoms with van der Waals surface area (Å²) in [5, 5.41) is 9.47. The topological polar surface area (TPSA) is 75.3 Å². The van der Waals surface area contributed by atoms with E-state index in [9.17, 15) is 5.26 Å². The fourth-order valence-electron chi connectivity index (χ4n) is 11.3. The molecule has 4 aliphatic rings. The largest absolute Gasteiger partial charge is 0.265 e. The molecule has 4 aliphatic carbocycles. The van der Waals surface area contributed by atoms with Crippen LogP contribution in [0.25, 0.3) is 67.3 Å². The van der Waals surface area contributed by atoms with Crippen molar-refractivity contribution in [1.82, 2.24) is 19.9 Å². The number of pyridine rings is 2. The first-order valence-corrected chi connectivity index (χ1v) is 21.1. The molecule has 5 aromatic carbocycles. The second kappa shape index (κ2) is 14.7. The number of aromatic nitrogens is 4. The Morgan fingerprint density at radius 3 is 1.33 bits per heavy atom. The second-order valence-electron chi connectivity index (χ2n) is 17.5. The molecule has 0 N–H and O–H groups in total. The van der Waals surface area contributed by atoms with Crippen LogP contribution >= 0.6 is 0 Å². The maximum atomic E-state index is 9.47. The lowest BCUT2D eigenvalue weighted by molar-refractivity contribution is -0.0281. The molecule has 4 saturated carbocycles. The first-order chi connectivity index (χ1) is 29.5. The van der Waals surface area contributed by atoms with Crippen molar-refractivity contribution in [3.63, 3.8) is 0 Å². The quantitative estimate of drug-likeness (QED) is 0.154. The summed E-state index contributed by atoms with van der Waals surface area (Å²) in [7, 11) is 0. The van der Waals surface area contributed by atoms with Gasteiger partial charge in [0.2, 0.25) is 0 Å². The molecule has 8 aromatic rings. The van der Waals surface area contributed by atoms with Gasteiger partial charge in [0, 0.05) is 41.5 Å². The molecule has 12 rings (SSSR count). The summed E-state index contributed by atoms with van der Waals surface area (Å²) in [6, 6.07) is 56.4. The van der Waals surface area contributed by atoms with Crippen molar-refractivity contribution in [3.05, 3.63) is 193 Å². The van der Waals surface area contributed by atoms with Gasteiger partial charge in [-0.1, -0.05) is 109 Å². The van der Waals surface area contributed by atoms with Crippen LogP contribution in [0.5, 0.6) is 0 Å². The fourth-order valence-corrected chi connectivity index (χ4v) is 11.3. The Hall–Kier alpha value is -7.03. The molecule has 4 bridgehead atoms. The predicted octanol–water partition coefficient (Wildman–Crippen LogP) is 12.9. The van der Waals surface area contributed by atoms with Gasteiger partial charge in [0.1, 0.15) is 0 Å². The zero-order valence-electron chi connectivity index (χ0n) is 33.4. The Morgan fingerprint density at radius 2 is 0.850 bits per heavy atom. The summed E-state index contributed by atoms with van der Waals surface area (Å²) < 4.78 is 0. The molecule has 0 saturated heterocycles. The van der Waals surface area contributed by atoms with Gasteiger partial charge in [0.15, 0.2) is 5.82 Å². The van der Waals surface area contributed by atoms with Crippen LogP contribution in [0.15, 0.2) is 176 Å². The summed E-state index contributed by atoms with van der Waals surface area (Å²) in [4.78, 5) is 18.9. The van der Waals surface area contributed by atoms with E-state index in [1.54, 1.807) is 0 Å². The molecule has 2 atom stereocenters. The maximum absolute atomic E-state index is 9.47. The highest BCUT2D eigenvalue weighted by Gasteiger charge is 2.58. The average Bonchev–Trinajstić information content (AvgIpc) is 3.32. The summed E-state index contributed by atoms with van der Waals surface area (Å²) in [6.07, 6.45) is 15.0. The van der Waals surface area contributed by atoms with Gasteiger partial charge < -0.3 is 0 Å². The van der Waals surface area contributed by atoms with Crippen molar-refractivity contribution in [2.45, 2.75) is 49.4 Å². The van der Waals surface area contributed by atoms with Crippen molar-refractivity contribution in [2.24, 2.45) is 11.8 Å². The van der Waals surface area contributed by atoms with E-state index in [1.807, 2.05) is 67.3 Å². The van der Waals surface area contributed by atoms with E-state index in [-0.39, 0.29) is 10.8 Å². The van der Waals surface area contributed by atoms with Gasteiger partial charge in [0.05, 0.1) is 23.0 Å². The number of nitrogens with zero attached hydrogens (tertiary/aromatic N) is 5. The molecule has 3 heterocycles. The Labute approximate surface area is 351 Å². The summed E-state index contributed by atoms with van der Waals surface area (Å²) in [6.45, 7) is 0. The van der Waals surface area contributed by atoms with E-state index in [0.29, 0.717) is 5.56 Å². The van der Waals surface area contributed by atoms with E-state index >= 15 is 0 Å². The number of hydrogen-bond donors (Lipinski definition) is 0. The normalized spacial score (nSPS) is 21.4. The highest BCUT2D eigenvalue weighted by atomic mass is 14.9. The van der Waals surface area contributed by atoms with Crippen LogP contribution < -0.4 is 0 Å². The van der Waals surface area contributed by atoms with E-state index < -0.39 is 0 Å². The smallest absolute Gasteiger partial charge is 0.160 e. The van der Waals surface area contributed by atoms with E-state index in [4.69, 9.17) is 9.97 Å². The number of rotatable bonds is 8. The van der Waals surface area contributed by atoms with Crippen LogP contribution in [-0.2, 0) is 10.8 Å². The highest BCUT2D eigenvalue weighted by molar-refractivity contribution is 5.76. The molecule has 0 aliphatic heterocycles. The Morgan fingerprint density at radius 1 is 0.433 bits per heavy atom. The molecule has 3 aromatic heterocycles. The van der Waals surface area contributed by atoms with Crippen molar-refractivity contribution >= 4 is 0 Å². The lowest BCUT2D eigenvalue weighted by atomic mass is 9.41. The summed E-state index contributed by atoms with van der Waals surface area (Å²) in [5.74, 6) is 2.22. The average molecular weight is 774 g/mol. The first kappa shape index (κ1) is 36.1. The van der Waals surface area contributed by atoms with Crippen LogP contribution in [0.4, 0.5) is 0 Å². The van der Waals surface area contributed by atoms with Crippen LogP contribution in [0, 0.1) is 23.2 Å². The molecule has 60 heavy (non-hydrogen) atoms. The zero-order chi connectivity index (χ0) is 40.1. The van der Waals surface area contributed by atoms with Gasteiger partial charge >= 0.3 is 0 Å². The molecule has 0 radical (unpaired) electrons. The fraction of sp³-hybridized carbons (Fsp3) is 0.182. The van der Waals surface area contributed by atoms with Crippen LogP contribution in [-0.4, -0.2) is 19.9 Å². The lowest BCUT2D eigenvalue weighted by Crippen LogP contribution is -2.55. The van der Waals surface area contributed by atoms with Gasteiger partial charge in [-0.25, -0.2) is 9.97 Å². The molecule has 0 spiro atoms. The van der Waals surface area contributed by atoms with Crippen LogP contribution in [0.2, 0.25) is 0 Å². The van der Waals surface area contributed by atoms with Crippen molar-refractivity contribution < 1.29 is 0 Å². The second-order valence-corrected chi connectivity index (χ2v) is 17.5. The molecule has 2 unspecified atom stereocenters. The van der Waals surface area contributed by atoms with Crippen molar-refractivity contribution in [3.8, 4) is 73.4 Å². The maximum Gasteiger partial charge on any atom is 0.160 e. The Kier molecular flexibility index (Phi) is 8.82. The van der Waals surface area contributed by atoms with E-state index in [2.05, 4.69) is 125 Å². The number of benzene rings is 5. The summed E-state index contributed by atoms with van der Waals surface area (Å²) >= 11 is 0. The number of hydrogen-bond acceptors (Lipinski definition) is 5. The van der Waals surface area contributed by atoms with Gasteiger partial charge in [-0.2, -0.15) is 5.26 Å². The third kappa shape index (κ3) is 6.59. The molecule has 5 heteroatoms. The zero-order valence-corrected chi connectivity index (χ0v) is 33.4. The Bertz CT molecular complexity index is 2750. The van der Waals surface area contributed by atoms with E-state index in [0.717, 1.165) is 73.6 Å². The van der Waals surface area contributed by atoms with Gasteiger partial charge in [0.25, 0.3) is 0 Å². The van der Waals surface area contributed by atoms with Crippen LogP contribution in [0.3, 0.4) is 0 Å². The molecular formula is C55H43N5. The molecular weight excluding hydrogens is 731 g/mol. The van der Waals surface area contributed by atoms with Crippen molar-refractivity contribution in [1.29, 1.82) is 5.26 Å². The monoisotopic (exact) mass is 773 g/mol. The third-order valence-corrected chi connectivity index (χ3v) is 13.8. The lowest BCUT2D eigenvalue weighted by Gasteiger charge is -2.63. The molecule has 288 valence electrons. The molecule has 0 amide bonds. The first-order valence-electron chi connectivity index (χ1n) is 21.1.